The van der Waals surface area contributed by atoms with Gasteiger partial charge >= 0.3 is 0 Å². The summed E-state index contributed by atoms with van der Waals surface area (Å²) in [5, 5.41) is 1.99. The van der Waals surface area contributed by atoms with Crippen LogP contribution < -0.4 is 11.3 Å². The second-order valence-corrected chi connectivity index (χ2v) is 7.10. The third-order valence-electron chi connectivity index (χ3n) is 4.28. The summed E-state index contributed by atoms with van der Waals surface area (Å²) in [6.45, 7) is 0. The maximum Gasteiger partial charge on any atom is 0.0705 e. The first-order valence-electron chi connectivity index (χ1n) is 7.79. The molecule has 0 radical (unpaired) electrons. The van der Waals surface area contributed by atoms with E-state index in [2.05, 4.69) is 46.4 Å². The van der Waals surface area contributed by atoms with Gasteiger partial charge in [-0.2, -0.15) is 11.8 Å². The van der Waals surface area contributed by atoms with Gasteiger partial charge in [0.05, 0.1) is 11.6 Å². The van der Waals surface area contributed by atoms with Gasteiger partial charge in [0.15, 0.2) is 0 Å². The van der Waals surface area contributed by atoms with Crippen molar-refractivity contribution in [3.63, 3.8) is 0 Å². The van der Waals surface area contributed by atoms with Gasteiger partial charge in [-0.15, -0.1) is 0 Å². The molecule has 0 bridgehead atoms. The molecule has 4 heteroatoms. The third-order valence-corrected chi connectivity index (χ3v) is 5.75. The lowest BCUT2D eigenvalue weighted by Gasteiger charge is -2.24. The average Bonchev–Trinajstić information content (AvgIpc) is 2.56. The van der Waals surface area contributed by atoms with Crippen molar-refractivity contribution in [2.45, 2.75) is 43.4 Å². The number of thioether (sulfide) groups is 1. The zero-order chi connectivity index (χ0) is 14.5. The van der Waals surface area contributed by atoms with Crippen molar-refractivity contribution in [1.29, 1.82) is 0 Å². The van der Waals surface area contributed by atoms with Crippen molar-refractivity contribution in [2.24, 2.45) is 5.84 Å². The molecular weight excluding hydrogens is 278 g/mol. The van der Waals surface area contributed by atoms with Crippen LogP contribution in [0.2, 0.25) is 0 Å². The minimum Gasteiger partial charge on any atom is -0.271 e. The van der Waals surface area contributed by atoms with Crippen LogP contribution in [0.1, 0.15) is 43.7 Å². The first-order chi connectivity index (χ1) is 10.4. The van der Waals surface area contributed by atoms with Gasteiger partial charge in [-0.1, -0.05) is 37.5 Å². The summed E-state index contributed by atoms with van der Waals surface area (Å²) in [6, 6.07) is 10.7. The Balaban J connectivity index is 1.68. The summed E-state index contributed by atoms with van der Waals surface area (Å²) >= 11 is 2.07. The number of nitrogens with zero attached hydrogens (tertiary/aromatic N) is 1. The summed E-state index contributed by atoms with van der Waals surface area (Å²) in [5.41, 5.74) is 5.24. The van der Waals surface area contributed by atoms with Gasteiger partial charge in [-0.3, -0.25) is 16.3 Å². The van der Waals surface area contributed by atoms with Crippen molar-refractivity contribution < 1.29 is 0 Å². The highest BCUT2D eigenvalue weighted by Gasteiger charge is 2.17. The van der Waals surface area contributed by atoms with Crippen LogP contribution in [-0.2, 0) is 0 Å². The molecule has 1 aromatic carbocycles. The summed E-state index contributed by atoms with van der Waals surface area (Å²) < 4.78 is 0. The Morgan fingerprint density at radius 1 is 1.24 bits per heavy atom. The SMILES string of the molecule is NNC(CSC1CCCCC1)c1ccc2cccnc2c1. The molecular formula is C17H23N3S. The number of rotatable bonds is 5. The molecule has 3 rings (SSSR count). The molecule has 0 saturated heterocycles. The fourth-order valence-corrected chi connectivity index (χ4v) is 4.42. The predicted molar refractivity (Wildman–Crippen MR) is 91.1 cm³/mol. The van der Waals surface area contributed by atoms with Gasteiger partial charge in [0.1, 0.15) is 0 Å². The molecule has 1 fully saturated rings. The lowest BCUT2D eigenvalue weighted by atomic mass is 10.0. The van der Waals surface area contributed by atoms with Crippen LogP contribution in [0.4, 0.5) is 0 Å². The molecule has 21 heavy (non-hydrogen) atoms. The maximum atomic E-state index is 5.78. The molecule has 2 aromatic rings. The van der Waals surface area contributed by atoms with Crippen LogP contribution in [0.15, 0.2) is 36.5 Å². The fraction of sp³-hybridized carbons (Fsp3) is 0.471. The minimum atomic E-state index is 0.198. The summed E-state index contributed by atoms with van der Waals surface area (Å²) in [6.07, 6.45) is 8.75. The fourth-order valence-electron chi connectivity index (χ4n) is 3.00. The largest absolute Gasteiger partial charge is 0.271 e. The van der Waals surface area contributed by atoms with E-state index in [1.165, 1.54) is 43.1 Å². The first kappa shape index (κ1) is 14.8. The second kappa shape index (κ2) is 7.25. The molecule has 1 aliphatic rings. The molecule has 112 valence electrons. The van der Waals surface area contributed by atoms with Gasteiger partial charge in [0.25, 0.3) is 0 Å². The molecule has 3 N–H and O–H groups in total. The van der Waals surface area contributed by atoms with Gasteiger partial charge in [-0.25, -0.2) is 0 Å². The molecule has 0 amide bonds. The number of fused-ring (bicyclic) bond motifs is 1. The zero-order valence-electron chi connectivity index (χ0n) is 12.3. The number of hydrogen-bond donors (Lipinski definition) is 2. The van der Waals surface area contributed by atoms with E-state index >= 15 is 0 Å². The van der Waals surface area contributed by atoms with Gasteiger partial charge in [0, 0.05) is 22.6 Å². The van der Waals surface area contributed by atoms with Gasteiger partial charge in [-0.05, 0) is 30.5 Å². The lowest BCUT2D eigenvalue weighted by molar-refractivity contribution is 0.514. The highest BCUT2D eigenvalue weighted by molar-refractivity contribution is 7.99. The van der Waals surface area contributed by atoms with E-state index in [0.29, 0.717) is 0 Å². The minimum absolute atomic E-state index is 0.198. The van der Waals surface area contributed by atoms with E-state index in [1.54, 1.807) is 0 Å². The summed E-state index contributed by atoms with van der Waals surface area (Å²) in [5.74, 6) is 6.81. The van der Waals surface area contributed by atoms with Crippen molar-refractivity contribution in [1.82, 2.24) is 10.4 Å². The number of pyridine rings is 1. The van der Waals surface area contributed by atoms with E-state index in [0.717, 1.165) is 16.5 Å². The van der Waals surface area contributed by atoms with E-state index < -0.39 is 0 Å². The predicted octanol–water partition coefficient (Wildman–Crippen LogP) is 3.81. The number of hydrogen-bond acceptors (Lipinski definition) is 4. The smallest absolute Gasteiger partial charge is 0.0705 e. The van der Waals surface area contributed by atoms with Crippen molar-refractivity contribution in [2.75, 3.05) is 5.75 Å². The Labute approximate surface area is 130 Å². The molecule has 1 heterocycles. The van der Waals surface area contributed by atoms with Crippen LogP contribution >= 0.6 is 11.8 Å². The maximum absolute atomic E-state index is 5.78. The lowest BCUT2D eigenvalue weighted by Crippen LogP contribution is -2.30. The number of nitrogens with two attached hydrogens (primary N) is 1. The molecule has 1 atom stereocenters. The standard InChI is InChI=1S/C17H23N3S/c18-20-17(12-21-15-6-2-1-3-7-15)14-9-8-13-5-4-10-19-16(13)11-14/h4-5,8-11,15,17,20H,1-3,6-7,12,18H2. The third kappa shape index (κ3) is 3.76. The van der Waals surface area contributed by atoms with Crippen LogP contribution in [-0.4, -0.2) is 16.0 Å². The van der Waals surface area contributed by atoms with Gasteiger partial charge < -0.3 is 0 Å². The van der Waals surface area contributed by atoms with Crippen molar-refractivity contribution >= 4 is 22.7 Å². The van der Waals surface area contributed by atoms with Crippen LogP contribution in [0.3, 0.4) is 0 Å². The molecule has 0 spiro atoms. The van der Waals surface area contributed by atoms with Crippen molar-refractivity contribution in [3.8, 4) is 0 Å². The van der Waals surface area contributed by atoms with Crippen LogP contribution in [0.5, 0.6) is 0 Å². The topological polar surface area (TPSA) is 50.9 Å². The van der Waals surface area contributed by atoms with Crippen LogP contribution in [0.25, 0.3) is 10.9 Å². The quantitative estimate of drug-likeness (QED) is 0.651. The number of aromatic nitrogens is 1. The van der Waals surface area contributed by atoms with E-state index in [1.807, 2.05) is 12.3 Å². The zero-order valence-corrected chi connectivity index (χ0v) is 13.1. The monoisotopic (exact) mass is 301 g/mol. The van der Waals surface area contributed by atoms with E-state index in [-0.39, 0.29) is 6.04 Å². The average molecular weight is 301 g/mol. The van der Waals surface area contributed by atoms with E-state index in [4.69, 9.17) is 5.84 Å². The Morgan fingerprint density at radius 2 is 2.10 bits per heavy atom. The summed E-state index contributed by atoms with van der Waals surface area (Å²) in [7, 11) is 0. The summed E-state index contributed by atoms with van der Waals surface area (Å²) in [4.78, 5) is 4.43. The molecule has 1 aliphatic carbocycles. The normalized spacial score (nSPS) is 18.0. The molecule has 1 unspecified atom stereocenters. The number of hydrazine groups is 1. The molecule has 0 aliphatic heterocycles. The molecule has 3 nitrogen and oxygen atoms in total. The number of nitrogens with one attached hydrogen (secondary N) is 1. The second-order valence-electron chi connectivity index (χ2n) is 5.77. The van der Waals surface area contributed by atoms with Crippen LogP contribution in [0, 0.1) is 0 Å². The van der Waals surface area contributed by atoms with Gasteiger partial charge in [0.2, 0.25) is 0 Å². The Morgan fingerprint density at radius 3 is 2.90 bits per heavy atom. The Kier molecular flexibility index (Phi) is 5.12. The highest BCUT2D eigenvalue weighted by Crippen LogP contribution is 2.31. The number of benzene rings is 1. The molecule has 1 saturated carbocycles. The van der Waals surface area contributed by atoms with E-state index in [9.17, 15) is 0 Å². The highest BCUT2D eigenvalue weighted by atomic mass is 32.2. The first-order valence-corrected chi connectivity index (χ1v) is 8.84. The molecule has 1 aromatic heterocycles. The Bertz CT molecular complexity index is 581. The Hall–Kier alpha value is -1.10. The van der Waals surface area contributed by atoms with Crippen molar-refractivity contribution in [3.05, 3.63) is 42.1 Å².